The Kier molecular flexibility index (Phi) is 4.70. The number of rotatable bonds is 5. The SMILES string of the molecule is COC(=O)CC(O)(CC(C)C)c1ccccc1. The molecule has 0 radical (unpaired) electrons. The lowest BCUT2D eigenvalue weighted by molar-refractivity contribution is -0.147. The van der Waals surface area contributed by atoms with E-state index in [0.29, 0.717) is 12.3 Å². The highest BCUT2D eigenvalue weighted by molar-refractivity contribution is 5.70. The van der Waals surface area contributed by atoms with Gasteiger partial charge >= 0.3 is 5.97 Å². The number of carbonyl (C=O) groups is 1. The van der Waals surface area contributed by atoms with Gasteiger partial charge in [-0.3, -0.25) is 4.79 Å². The summed E-state index contributed by atoms with van der Waals surface area (Å²) in [4.78, 5) is 11.4. The van der Waals surface area contributed by atoms with Crippen LogP contribution in [0, 0.1) is 5.92 Å². The minimum Gasteiger partial charge on any atom is -0.469 e. The molecule has 0 aliphatic heterocycles. The van der Waals surface area contributed by atoms with Gasteiger partial charge in [0.2, 0.25) is 0 Å². The molecule has 1 aromatic rings. The second-order valence-electron chi connectivity index (χ2n) is 4.75. The lowest BCUT2D eigenvalue weighted by Crippen LogP contribution is -2.31. The summed E-state index contributed by atoms with van der Waals surface area (Å²) in [6.45, 7) is 4.04. The number of hydrogen-bond donors (Lipinski definition) is 1. The molecule has 0 saturated carbocycles. The minimum absolute atomic E-state index is 0.00824. The molecular weight excluding hydrogens is 216 g/mol. The van der Waals surface area contributed by atoms with Crippen molar-refractivity contribution in [3.8, 4) is 0 Å². The Bertz CT molecular complexity index is 359. The van der Waals surface area contributed by atoms with Crippen molar-refractivity contribution in [3.63, 3.8) is 0 Å². The van der Waals surface area contributed by atoms with E-state index < -0.39 is 11.6 Å². The third-order valence-corrected chi connectivity index (χ3v) is 2.72. The summed E-state index contributed by atoms with van der Waals surface area (Å²) >= 11 is 0. The Morgan fingerprint density at radius 2 is 1.94 bits per heavy atom. The first-order valence-corrected chi connectivity index (χ1v) is 5.82. The Labute approximate surface area is 102 Å². The Balaban J connectivity index is 2.97. The number of carbonyl (C=O) groups excluding carboxylic acids is 1. The number of benzene rings is 1. The van der Waals surface area contributed by atoms with Gasteiger partial charge in [-0.2, -0.15) is 0 Å². The summed E-state index contributed by atoms with van der Waals surface area (Å²) in [6, 6.07) is 9.28. The van der Waals surface area contributed by atoms with Gasteiger partial charge in [0.05, 0.1) is 13.5 Å². The first kappa shape index (κ1) is 13.7. The summed E-state index contributed by atoms with van der Waals surface area (Å²) in [5.74, 6) is -0.0955. The Hall–Kier alpha value is -1.35. The quantitative estimate of drug-likeness (QED) is 0.799. The summed E-state index contributed by atoms with van der Waals surface area (Å²) in [5.41, 5.74) is -0.373. The predicted octanol–water partition coefficient (Wildman–Crippen LogP) is 2.48. The van der Waals surface area contributed by atoms with Crippen LogP contribution < -0.4 is 0 Å². The van der Waals surface area contributed by atoms with Crippen LogP contribution in [0.5, 0.6) is 0 Å². The number of aliphatic hydroxyl groups is 1. The number of ether oxygens (including phenoxy) is 1. The predicted molar refractivity (Wildman–Crippen MR) is 66.4 cm³/mol. The second kappa shape index (κ2) is 5.82. The van der Waals surface area contributed by atoms with Crippen molar-refractivity contribution in [2.45, 2.75) is 32.3 Å². The third-order valence-electron chi connectivity index (χ3n) is 2.72. The van der Waals surface area contributed by atoms with Crippen LogP contribution in [0.3, 0.4) is 0 Å². The van der Waals surface area contributed by atoms with E-state index >= 15 is 0 Å². The highest BCUT2D eigenvalue weighted by Gasteiger charge is 2.33. The molecule has 0 bridgehead atoms. The molecule has 17 heavy (non-hydrogen) atoms. The highest BCUT2D eigenvalue weighted by atomic mass is 16.5. The van der Waals surface area contributed by atoms with Gasteiger partial charge in [0.1, 0.15) is 5.60 Å². The molecule has 0 heterocycles. The number of hydrogen-bond acceptors (Lipinski definition) is 3. The van der Waals surface area contributed by atoms with Crippen LogP contribution in [0.2, 0.25) is 0 Å². The molecule has 1 rings (SSSR count). The molecule has 3 nitrogen and oxygen atoms in total. The van der Waals surface area contributed by atoms with E-state index in [1.807, 2.05) is 44.2 Å². The van der Waals surface area contributed by atoms with Gasteiger partial charge < -0.3 is 9.84 Å². The van der Waals surface area contributed by atoms with Crippen LogP contribution in [-0.2, 0) is 15.1 Å². The molecule has 0 saturated heterocycles. The van der Waals surface area contributed by atoms with Crippen molar-refractivity contribution >= 4 is 5.97 Å². The molecule has 1 aromatic carbocycles. The molecule has 1 N–H and O–H groups in total. The Morgan fingerprint density at radius 3 is 2.41 bits per heavy atom. The minimum atomic E-state index is -1.14. The lowest BCUT2D eigenvalue weighted by Gasteiger charge is -2.29. The molecule has 0 fully saturated rings. The summed E-state index contributed by atoms with van der Waals surface area (Å²) in [7, 11) is 1.34. The first-order chi connectivity index (χ1) is 7.98. The third kappa shape index (κ3) is 3.86. The fraction of sp³-hybridized carbons (Fsp3) is 0.500. The molecule has 94 valence electrons. The summed E-state index contributed by atoms with van der Waals surface area (Å²) in [5, 5.41) is 10.7. The zero-order chi connectivity index (χ0) is 12.9. The van der Waals surface area contributed by atoms with Crippen molar-refractivity contribution in [2.24, 2.45) is 5.92 Å². The zero-order valence-corrected chi connectivity index (χ0v) is 10.6. The van der Waals surface area contributed by atoms with Crippen LogP contribution in [-0.4, -0.2) is 18.2 Å². The van der Waals surface area contributed by atoms with Gasteiger partial charge in [-0.1, -0.05) is 44.2 Å². The summed E-state index contributed by atoms with van der Waals surface area (Å²) < 4.78 is 4.65. The van der Waals surface area contributed by atoms with E-state index in [0.717, 1.165) is 5.56 Å². The maximum atomic E-state index is 11.4. The molecule has 1 unspecified atom stereocenters. The molecule has 0 aliphatic carbocycles. The summed E-state index contributed by atoms with van der Waals surface area (Å²) in [6.07, 6.45) is 0.526. The zero-order valence-electron chi connectivity index (χ0n) is 10.6. The van der Waals surface area contributed by atoms with E-state index in [-0.39, 0.29) is 6.42 Å². The topological polar surface area (TPSA) is 46.5 Å². The average Bonchev–Trinajstić information content (AvgIpc) is 2.29. The van der Waals surface area contributed by atoms with Crippen LogP contribution in [0.1, 0.15) is 32.3 Å². The first-order valence-electron chi connectivity index (χ1n) is 5.82. The van der Waals surface area contributed by atoms with Gasteiger partial charge in [-0.05, 0) is 17.9 Å². The molecule has 0 aliphatic rings. The number of esters is 1. The van der Waals surface area contributed by atoms with Gasteiger partial charge in [-0.25, -0.2) is 0 Å². The van der Waals surface area contributed by atoms with Crippen molar-refractivity contribution in [1.82, 2.24) is 0 Å². The second-order valence-corrected chi connectivity index (χ2v) is 4.75. The monoisotopic (exact) mass is 236 g/mol. The van der Waals surface area contributed by atoms with Gasteiger partial charge in [-0.15, -0.1) is 0 Å². The van der Waals surface area contributed by atoms with Crippen molar-refractivity contribution < 1.29 is 14.6 Å². The van der Waals surface area contributed by atoms with E-state index in [9.17, 15) is 9.90 Å². The van der Waals surface area contributed by atoms with Crippen LogP contribution >= 0.6 is 0 Å². The smallest absolute Gasteiger partial charge is 0.308 e. The van der Waals surface area contributed by atoms with E-state index in [4.69, 9.17) is 0 Å². The van der Waals surface area contributed by atoms with Crippen LogP contribution in [0.25, 0.3) is 0 Å². The highest BCUT2D eigenvalue weighted by Crippen LogP contribution is 2.32. The van der Waals surface area contributed by atoms with Crippen molar-refractivity contribution in [3.05, 3.63) is 35.9 Å². The van der Waals surface area contributed by atoms with E-state index in [1.54, 1.807) is 0 Å². The molecule has 0 amide bonds. The molecular formula is C14H20O3. The molecule has 0 spiro atoms. The van der Waals surface area contributed by atoms with E-state index in [1.165, 1.54) is 7.11 Å². The van der Waals surface area contributed by atoms with Crippen LogP contribution in [0.4, 0.5) is 0 Å². The maximum Gasteiger partial charge on any atom is 0.308 e. The largest absolute Gasteiger partial charge is 0.469 e. The Morgan fingerprint density at radius 1 is 1.35 bits per heavy atom. The normalized spacial score (nSPS) is 14.4. The van der Waals surface area contributed by atoms with E-state index in [2.05, 4.69) is 4.74 Å². The lowest BCUT2D eigenvalue weighted by atomic mass is 9.83. The van der Waals surface area contributed by atoms with Crippen molar-refractivity contribution in [2.75, 3.05) is 7.11 Å². The number of methoxy groups -OCH3 is 1. The van der Waals surface area contributed by atoms with Gasteiger partial charge in [0.25, 0.3) is 0 Å². The van der Waals surface area contributed by atoms with Gasteiger partial charge in [0, 0.05) is 0 Å². The van der Waals surface area contributed by atoms with Crippen molar-refractivity contribution in [1.29, 1.82) is 0 Å². The average molecular weight is 236 g/mol. The fourth-order valence-electron chi connectivity index (χ4n) is 2.03. The van der Waals surface area contributed by atoms with Crippen LogP contribution in [0.15, 0.2) is 30.3 Å². The molecule has 1 atom stereocenters. The molecule has 3 heteroatoms. The maximum absolute atomic E-state index is 11.4. The molecule has 0 aromatic heterocycles. The fourth-order valence-corrected chi connectivity index (χ4v) is 2.03. The standard InChI is InChI=1S/C14H20O3/c1-11(2)9-14(16,10-13(15)17-3)12-7-5-4-6-8-12/h4-8,11,16H,9-10H2,1-3H3. The van der Waals surface area contributed by atoms with Gasteiger partial charge in [0.15, 0.2) is 0 Å².